The zero-order valence-electron chi connectivity index (χ0n) is 9.27. The third-order valence-electron chi connectivity index (χ3n) is 2.65. The van der Waals surface area contributed by atoms with E-state index in [1.54, 1.807) is 6.08 Å². The second-order valence-corrected chi connectivity index (χ2v) is 4.41. The number of hydrogen-bond donors (Lipinski definition) is 1. The lowest BCUT2D eigenvalue weighted by Gasteiger charge is -2.22. The second kappa shape index (κ2) is 4.75. The maximum absolute atomic E-state index is 10.8. The van der Waals surface area contributed by atoms with Crippen molar-refractivity contribution in [3.8, 4) is 0 Å². The Hall–Kier alpha value is -1.55. The lowest BCUT2D eigenvalue weighted by atomic mass is 10.2. The summed E-state index contributed by atoms with van der Waals surface area (Å²) in [6.07, 6.45) is 5.36. The lowest BCUT2D eigenvalue weighted by Crippen LogP contribution is -2.27. The zero-order valence-corrected chi connectivity index (χ0v) is 10.0. The first-order valence-corrected chi connectivity index (χ1v) is 5.77. The Morgan fingerprint density at radius 1 is 1.71 bits per heavy atom. The van der Waals surface area contributed by atoms with Gasteiger partial charge in [-0.05, 0) is 18.9 Å². The molecular weight excluding hydrogens is 240 g/mol. The number of anilines is 1. The van der Waals surface area contributed by atoms with E-state index < -0.39 is 5.97 Å². The predicted octanol–water partition coefficient (Wildman–Crippen LogP) is 2.59. The molecule has 1 heterocycles. The fraction of sp³-hybridized carbons (Fsp3) is 0.333. The highest BCUT2D eigenvalue weighted by Crippen LogP contribution is 2.34. The minimum absolute atomic E-state index is 0.105. The van der Waals surface area contributed by atoms with E-state index in [1.165, 1.54) is 12.3 Å². The summed E-state index contributed by atoms with van der Waals surface area (Å²) in [5.74, 6) is -0.383. The van der Waals surface area contributed by atoms with Crippen LogP contribution in [0.2, 0.25) is 5.02 Å². The standard InChI is InChI=1S/C12H13ClN2O2/c1-2-5-15(9-3-4-9)11-10(13)6-8(7-14-11)12(16)17/h2,6-7,9H,1,3-5H2,(H,16,17). The number of carbonyl (C=O) groups is 1. The van der Waals surface area contributed by atoms with Crippen LogP contribution >= 0.6 is 11.6 Å². The van der Waals surface area contributed by atoms with Crippen molar-refractivity contribution in [2.75, 3.05) is 11.4 Å². The molecule has 1 saturated carbocycles. The third kappa shape index (κ3) is 2.58. The number of halogens is 1. The SMILES string of the molecule is C=CCN(c1ncc(C(=O)O)cc1Cl)C1CC1. The number of carboxylic acids is 1. The van der Waals surface area contributed by atoms with Gasteiger partial charge in [0.15, 0.2) is 0 Å². The largest absolute Gasteiger partial charge is 0.478 e. The highest BCUT2D eigenvalue weighted by atomic mass is 35.5. The van der Waals surface area contributed by atoms with Gasteiger partial charge in [-0.1, -0.05) is 17.7 Å². The molecule has 4 nitrogen and oxygen atoms in total. The summed E-state index contributed by atoms with van der Waals surface area (Å²) < 4.78 is 0. The average Bonchev–Trinajstić information content (AvgIpc) is 3.10. The summed E-state index contributed by atoms with van der Waals surface area (Å²) in [5, 5.41) is 9.21. The van der Waals surface area contributed by atoms with Gasteiger partial charge in [0.1, 0.15) is 5.82 Å². The van der Waals surface area contributed by atoms with Crippen LogP contribution in [0.5, 0.6) is 0 Å². The molecule has 0 aliphatic heterocycles. The molecule has 1 fully saturated rings. The van der Waals surface area contributed by atoms with Crippen molar-refractivity contribution >= 4 is 23.4 Å². The average molecular weight is 253 g/mol. The molecule has 1 aliphatic rings. The summed E-state index contributed by atoms with van der Waals surface area (Å²) >= 11 is 6.07. The maximum atomic E-state index is 10.8. The highest BCUT2D eigenvalue weighted by Gasteiger charge is 2.30. The zero-order chi connectivity index (χ0) is 12.4. The van der Waals surface area contributed by atoms with Crippen molar-refractivity contribution < 1.29 is 9.90 Å². The van der Waals surface area contributed by atoms with Crippen molar-refractivity contribution in [2.24, 2.45) is 0 Å². The molecule has 1 aromatic rings. The predicted molar refractivity (Wildman–Crippen MR) is 66.8 cm³/mol. The molecule has 0 radical (unpaired) electrons. The van der Waals surface area contributed by atoms with Gasteiger partial charge in [-0.3, -0.25) is 0 Å². The van der Waals surface area contributed by atoms with Crippen molar-refractivity contribution in [1.82, 2.24) is 4.98 Å². The Kier molecular flexibility index (Phi) is 3.33. The molecular formula is C12H13ClN2O2. The molecule has 2 rings (SSSR count). The van der Waals surface area contributed by atoms with E-state index in [0.717, 1.165) is 12.8 Å². The van der Waals surface area contributed by atoms with E-state index in [-0.39, 0.29) is 5.56 Å². The maximum Gasteiger partial charge on any atom is 0.337 e. The second-order valence-electron chi connectivity index (χ2n) is 4.01. The smallest absolute Gasteiger partial charge is 0.337 e. The van der Waals surface area contributed by atoms with Gasteiger partial charge >= 0.3 is 5.97 Å². The van der Waals surface area contributed by atoms with Gasteiger partial charge < -0.3 is 10.0 Å². The minimum Gasteiger partial charge on any atom is -0.478 e. The summed E-state index contributed by atoms with van der Waals surface area (Å²) in [4.78, 5) is 17.0. The molecule has 0 atom stereocenters. The van der Waals surface area contributed by atoms with Gasteiger partial charge in [0.05, 0.1) is 10.6 Å². The van der Waals surface area contributed by atoms with Gasteiger partial charge in [0.25, 0.3) is 0 Å². The number of aromatic nitrogens is 1. The van der Waals surface area contributed by atoms with Crippen molar-refractivity contribution in [3.05, 3.63) is 35.5 Å². The van der Waals surface area contributed by atoms with E-state index in [4.69, 9.17) is 16.7 Å². The Morgan fingerprint density at radius 2 is 2.41 bits per heavy atom. The molecule has 0 spiro atoms. The molecule has 0 aromatic carbocycles. The van der Waals surface area contributed by atoms with Crippen LogP contribution in [0.1, 0.15) is 23.2 Å². The van der Waals surface area contributed by atoms with E-state index >= 15 is 0 Å². The molecule has 0 amide bonds. The van der Waals surface area contributed by atoms with E-state index in [2.05, 4.69) is 16.5 Å². The van der Waals surface area contributed by atoms with Crippen LogP contribution in [-0.4, -0.2) is 28.6 Å². The quantitative estimate of drug-likeness (QED) is 0.819. The van der Waals surface area contributed by atoms with Gasteiger partial charge in [0, 0.05) is 18.8 Å². The lowest BCUT2D eigenvalue weighted by molar-refractivity contribution is 0.0696. The fourth-order valence-electron chi connectivity index (χ4n) is 1.69. The summed E-state index contributed by atoms with van der Waals surface area (Å²) in [6, 6.07) is 1.89. The van der Waals surface area contributed by atoms with E-state index in [1.807, 2.05) is 0 Å². The van der Waals surface area contributed by atoms with Crippen molar-refractivity contribution in [2.45, 2.75) is 18.9 Å². The van der Waals surface area contributed by atoms with Gasteiger partial charge in [-0.25, -0.2) is 9.78 Å². The van der Waals surface area contributed by atoms with Crippen LogP contribution in [0.15, 0.2) is 24.9 Å². The van der Waals surface area contributed by atoms with Crippen molar-refractivity contribution in [3.63, 3.8) is 0 Å². The van der Waals surface area contributed by atoms with Crippen LogP contribution in [0.4, 0.5) is 5.82 Å². The number of pyridine rings is 1. The Morgan fingerprint density at radius 3 is 2.88 bits per heavy atom. The number of hydrogen-bond acceptors (Lipinski definition) is 3. The number of rotatable bonds is 5. The first-order chi connectivity index (χ1) is 8.13. The highest BCUT2D eigenvalue weighted by molar-refractivity contribution is 6.33. The van der Waals surface area contributed by atoms with E-state index in [0.29, 0.717) is 23.4 Å². The third-order valence-corrected chi connectivity index (χ3v) is 2.93. The van der Waals surface area contributed by atoms with Gasteiger partial charge in [-0.15, -0.1) is 6.58 Å². The Bertz CT molecular complexity index is 458. The molecule has 0 unspecified atom stereocenters. The molecule has 1 aliphatic carbocycles. The molecule has 5 heteroatoms. The summed E-state index contributed by atoms with van der Waals surface area (Å²) in [6.45, 7) is 4.38. The number of aromatic carboxylic acids is 1. The molecule has 0 bridgehead atoms. The van der Waals surface area contributed by atoms with Gasteiger partial charge in [-0.2, -0.15) is 0 Å². The van der Waals surface area contributed by atoms with Crippen molar-refractivity contribution in [1.29, 1.82) is 0 Å². The van der Waals surface area contributed by atoms with Crippen LogP contribution in [0.25, 0.3) is 0 Å². The Balaban J connectivity index is 2.30. The first kappa shape index (κ1) is 11.9. The van der Waals surface area contributed by atoms with Crippen LogP contribution in [0, 0.1) is 0 Å². The normalized spacial score (nSPS) is 14.4. The number of carboxylic acid groups (broad SMARTS) is 1. The van der Waals surface area contributed by atoms with Gasteiger partial charge in [0.2, 0.25) is 0 Å². The monoisotopic (exact) mass is 252 g/mol. The molecule has 90 valence electrons. The van der Waals surface area contributed by atoms with E-state index in [9.17, 15) is 4.79 Å². The fourth-order valence-corrected chi connectivity index (χ4v) is 1.97. The summed E-state index contributed by atoms with van der Waals surface area (Å²) in [5.41, 5.74) is 0.105. The molecule has 17 heavy (non-hydrogen) atoms. The minimum atomic E-state index is -1.02. The number of nitrogens with zero attached hydrogens (tertiary/aromatic N) is 2. The molecule has 1 N–H and O–H groups in total. The topological polar surface area (TPSA) is 53.4 Å². The first-order valence-electron chi connectivity index (χ1n) is 5.40. The summed E-state index contributed by atoms with van der Waals surface area (Å²) in [7, 11) is 0. The molecule has 0 saturated heterocycles. The van der Waals surface area contributed by atoms with Crippen LogP contribution in [-0.2, 0) is 0 Å². The molecule has 1 aromatic heterocycles. The Labute approximate surface area is 105 Å². The van der Waals surface area contributed by atoms with Crippen LogP contribution < -0.4 is 4.90 Å². The van der Waals surface area contributed by atoms with Crippen LogP contribution in [0.3, 0.4) is 0 Å².